The normalized spacial score (nSPS) is 11.6. The average Bonchev–Trinajstić information content (AvgIpc) is 3.13. The highest BCUT2D eigenvalue weighted by atomic mass is 32.1. The second-order valence-corrected chi connectivity index (χ2v) is 7.82. The van der Waals surface area contributed by atoms with Crippen molar-refractivity contribution in [3.05, 3.63) is 108 Å². The summed E-state index contributed by atoms with van der Waals surface area (Å²) in [4.78, 5) is 1.28. The molecule has 0 atom stereocenters. The smallest absolute Gasteiger partial charge is 0.0355 e. The van der Waals surface area contributed by atoms with E-state index in [-0.39, 0.29) is 0 Å². The molecule has 0 amide bonds. The van der Waals surface area contributed by atoms with Crippen LogP contribution < -0.4 is 0 Å². The highest BCUT2D eigenvalue weighted by Crippen LogP contribution is 2.31. The summed E-state index contributed by atoms with van der Waals surface area (Å²) in [6.07, 6.45) is 4.41. The Hall–Kier alpha value is -3.16. The lowest BCUT2D eigenvalue weighted by molar-refractivity contribution is 1.60. The van der Waals surface area contributed by atoms with Crippen molar-refractivity contribution >= 4 is 44.3 Å². The third-order valence-corrected chi connectivity index (χ3v) is 5.92. The monoisotopic (exact) mass is 362 g/mol. The lowest BCUT2D eigenvalue weighted by atomic mass is 10.0. The van der Waals surface area contributed by atoms with Crippen LogP contribution in [-0.2, 0) is 0 Å². The first-order chi connectivity index (χ1) is 13.3. The summed E-state index contributed by atoms with van der Waals surface area (Å²) in [5, 5.41) is 3.92. The van der Waals surface area contributed by atoms with Crippen LogP contribution in [0.2, 0.25) is 0 Å². The number of rotatable bonds is 3. The molecule has 0 bridgehead atoms. The van der Waals surface area contributed by atoms with Gasteiger partial charge in [0.05, 0.1) is 0 Å². The first-order valence-electron chi connectivity index (χ1n) is 9.11. The number of thiophene rings is 1. The predicted molar refractivity (Wildman–Crippen MR) is 120 cm³/mol. The van der Waals surface area contributed by atoms with Crippen molar-refractivity contribution in [3.63, 3.8) is 0 Å². The van der Waals surface area contributed by atoms with E-state index in [1.165, 1.54) is 42.4 Å². The van der Waals surface area contributed by atoms with Crippen LogP contribution in [0, 0.1) is 0 Å². The predicted octanol–water partition coefficient (Wildman–Crippen LogP) is 7.89. The van der Waals surface area contributed by atoms with Gasteiger partial charge in [-0.3, -0.25) is 0 Å². The van der Waals surface area contributed by atoms with Gasteiger partial charge in [0.25, 0.3) is 0 Å². The number of hydrogen-bond acceptors (Lipinski definition) is 1. The maximum atomic E-state index is 2.29. The summed E-state index contributed by atoms with van der Waals surface area (Å²) in [7, 11) is 0. The number of fused-ring (bicyclic) bond motifs is 2. The molecule has 4 aromatic carbocycles. The molecule has 0 saturated heterocycles. The molecule has 1 heterocycles. The molecule has 0 nitrogen and oxygen atoms in total. The molecule has 5 rings (SSSR count). The second-order valence-electron chi connectivity index (χ2n) is 6.71. The van der Waals surface area contributed by atoms with Gasteiger partial charge in [-0.2, -0.15) is 0 Å². The quantitative estimate of drug-likeness (QED) is 0.306. The fourth-order valence-corrected chi connectivity index (χ4v) is 4.42. The standard InChI is InChI=1S/C26H18S/c1-2-6-20(7-3-1)21-13-10-19(11-14-21)12-15-25-17-24-16-22-8-4-5-9-23(22)18-26(24)27-25/h1-18H/b15-12+. The van der Waals surface area contributed by atoms with Gasteiger partial charge in [-0.25, -0.2) is 0 Å². The van der Waals surface area contributed by atoms with E-state index in [2.05, 4.69) is 109 Å². The molecule has 0 saturated carbocycles. The zero-order chi connectivity index (χ0) is 18.1. The number of benzene rings is 4. The molecule has 0 N–H and O–H groups in total. The minimum Gasteiger partial charge on any atom is -0.136 e. The van der Waals surface area contributed by atoms with Crippen LogP contribution in [0.4, 0.5) is 0 Å². The van der Waals surface area contributed by atoms with Gasteiger partial charge in [0.2, 0.25) is 0 Å². The van der Waals surface area contributed by atoms with Gasteiger partial charge < -0.3 is 0 Å². The van der Waals surface area contributed by atoms with Gasteiger partial charge in [-0.15, -0.1) is 11.3 Å². The summed E-state index contributed by atoms with van der Waals surface area (Å²) in [5.74, 6) is 0. The SMILES string of the molecule is C(=C\c1cc2cc3ccccc3cc2s1)/c1ccc(-c2ccccc2)cc1. The van der Waals surface area contributed by atoms with Crippen molar-refractivity contribution < 1.29 is 0 Å². The Morgan fingerprint density at radius 3 is 1.96 bits per heavy atom. The highest BCUT2D eigenvalue weighted by molar-refractivity contribution is 7.20. The lowest BCUT2D eigenvalue weighted by Crippen LogP contribution is -1.77. The van der Waals surface area contributed by atoms with Crippen molar-refractivity contribution in [2.45, 2.75) is 0 Å². The Balaban J connectivity index is 1.42. The molecule has 128 valence electrons. The Bertz CT molecular complexity index is 1190. The molecule has 0 aliphatic carbocycles. The molecular weight excluding hydrogens is 344 g/mol. The van der Waals surface area contributed by atoms with Gasteiger partial charge in [0.15, 0.2) is 0 Å². The summed E-state index contributed by atoms with van der Waals surface area (Å²) in [5.41, 5.74) is 3.73. The van der Waals surface area contributed by atoms with E-state index in [9.17, 15) is 0 Å². The van der Waals surface area contributed by atoms with Crippen LogP contribution in [0.15, 0.2) is 97.1 Å². The van der Waals surface area contributed by atoms with Crippen LogP contribution in [0.25, 0.3) is 44.1 Å². The second kappa shape index (κ2) is 6.86. The molecule has 5 aromatic rings. The van der Waals surface area contributed by atoms with E-state index in [0.717, 1.165) is 0 Å². The van der Waals surface area contributed by atoms with E-state index in [1.54, 1.807) is 0 Å². The first kappa shape index (κ1) is 16.0. The van der Waals surface area contributed by atoms with Crippen LogP contribution in [0.3, 0.4) is 0 Å². The van der Waals surface area contributed by atoms with Crippen LogP contribution in [-0.4, -0.2) is 0 Å². The average molecular weight is 362 g/mol. The van der Waals surface area contributed by atoms with E-state index in [1.807, 2.05) is 11.3 Å². The van der Waals surface area contributed by atoms with E-state index < -0.39 is 0 Å². The van der Waals surface area contributed by atoms with Crippen LogP contribution in [0.1, 0.15) is 10.4 Å². The fourth-order valence-electron chi connectivity index (χ4n) is 3.43. The zero-order valence-corrected chi connectivity index (χ0v) is 15.6. The fraction of sp³-hybridized carbons (Fsp3) is 0. The Morgan fingerprint density at radius 2 is 1.19 bits per heavy atom. The third-order valence-electron chi connectivity index (χ3n) is 4.86. The van der Waals surface area contributed by atoms with Gasteiger partial charge in [0, 0.05) is 9.58 Å². The van der Waals surface area contributed by atoms with E-state index in [4.69, 9.17) is 0 Å². The topological polar surface area (TPSA) is 0 Å². The van der Waals surface area contributed by atoms with Crippen molar-refractivity contribution in [3.8, 4) is 11.1 Å². The maximum Gasteiger partial charge on any atom is 0.0355 e. The van der Waals surface area contributed by atoms with Crippen molar-refractivity contribution in [2.75, 3.05) is 0 Å². The highest BCUT2D eigenvalue weighted by Gasteiger charge is 2.02. The van der Waals surface area contributed by atoms with Gasteiger partial charge >= 0.3 is 0 Å². The summed E-state index contributed by atoms with van der Waals surface area (Å²) >= 11 is 1.84. The molecule has 0 spiro atoms. The van der Waals surface area contributed by atoms with Crippen molar-refractivity contribution in [1.29, 1.82) is 0 Å². The lowest BCUT2D eigenvalue weighted by Gasteiger charge is -2.01. The number of hydrogen-bond donors (Lipinski definition) is 0. The van der Waals surface area contributed by atoms with Crippen molar-refractivity contribution in [1.82, 2.24) is 0 Å². The largest absolute Gasteiger partial charge is 0.136 e. The van der Waals surface area contributed by atoms with Gasteiger partial charge in [-0.1, -0.05) is 84.9 Å². The molecule has 0 unspecified atom stereocenters. The summed E-state index contributed by atoms with van der Waals surface area (Å²) < 4.78 is 1.34. The Kier molecular flexibility index (Phi) is 4.08. The molecule has 0 fully saturated rings. The molecule has 0 radical (unpaired) electrons. The van der Waals surface area contributed by atoms with Crippen LogP contribution in [0.5, 0.6) is 0 Å². The third kappa shape index (κ3) is 3.30. The molecule has 27 heavy (non-hydrogen) atoms. The molecule has 0 aliphatic heterocycles. The Morgan fingerprint density at radius 1 is 0.519 bits per heavy atom. The zero-order valence-electron chi connectivity index (χ0n) is 14.8. The van der Waals surface area contributed by atoms with Gasteiger partial charge in [0.1, 0.15) is 0 Å². The van der Waals surface area contributed by atoms with Crippen molar-refractivity contribution in [2.24, 2.45) is 0 Å². The van der Waals surface area contributed by atoms with Crippen LogP contribution >= 0.6 is 11.3 Å². The maximum absolute atomic E-state index is 2.29. The van der Waals surface area contributed by atoms with E-state index in [0.29, 0.717) is 0 Å². The molecule has 1 heteroatoms. The minimum atomic E-state index is 1.22. The molecule has 1 aromatic heterocycles. The van der Waals surface area contributed by atoms with Gasteiger partial charge in [-0.05, 0) is 57.1 Å². The Labute approximate surface area is 163 Å². The van der Waals surface area contributed by atoms with E-state index >= 15 is 0 Å². The summed E-state index contributed by atoms with van der Waals surface area (Å²) in [6.45, 7) is 0. The first-order valence-corrected chi connectivity index (χ1v) is 9.93. The summed E-state index contributed by atoms with van der Waals surface area (Å²) in [6, 6.07) is 34.6. The molecule has 0 aliphatic rings. The molecular formula is C26H18S. The minimum absolute atomic E-state index is 1.22.